The third-order valence-electron chi connectivity index (χ3n) is 12.9. The number of Topliss-reactive ketones (excluding diaryl/α,β-unsaturated/α-hetero) is 3. The fourth-order valence-corrected chi connectivity index (χ4v) is 8.30. The molecule has 1 rings (SSSR count). The molecule has 21 nitrogen and oxygen atoms in total. The minimum Gasteiger partial charge on any atom is -0.481 e. The number of likely N-dealkylation sites (tertiary alicyclic amines) is 1. The SMILES string of the molecule is CC(=O)C[C@@H](NC(=O)C1CCN(C(=O)CCCCCCCCCCCCCCCCCCC(=O)O)CC1)C(=O)O.CNCCOCCOCC(=O)CCCOCCOCC(=O)NCCCC[C@H](CC(=O)[C@H](C)N)C(=O)O.[HH]. The Bertz CT molecular complexity index is 1620. The van der Waals surface area contributed by atoms with Gasteiger partial charge in [-0.05, 0) is 65.8 Å². The Balaban J connectivity index is 0. The summed E-state index contributed by atoms with van der Waals surface area (Å²) in [5, 5.41) is 35.2. The van der Waals surface area contributed by atoms with Gasteiger partial charge in [-0.25, -0.2) is 4.79 Å². The van der Waals surface area contributed by atoms with Crippen LogP contribution in [0.5, 0.6) is 0 Å². The summed E-state index contributed by atoms with van der Waals surface area (Å²) in [6, 6.07) is -1.87. The van der Waals surface area contributed by atoms with Crippen LogP contribution in [0.4, 0.5) is 0 Å². The zero-order chi connectivity index (χ0) is 56.6. The van der Waals surface area contributed by atoms with Crippen molar-refractivity contribution in [2.45, 2.75) is 199 Å². The van der Waals surface area contributed by atoms with Gasteiger partial charge in [-0.1, -0.05) is 96.3 Å². The molecular formula is C55H101N5O16. The van der Waals surface area contributed by atoms with Gasteiger partial charge in [0.2, 0.25) is 17.7 Å². The molecule has 76 heavy (non-hydrogen) atoms. The topological polar surface area (TPSA) is 317 Å². The number of nitrogens with one attached hydrogen (secondary N) is 3. The molecule has 1 aliphatic rings. The second-order valence-electron chi connectivity index (χ2n) is 19.9. The van der Waals surface area contributed by atoms with Crippen LogP contribution in [-0.4, -0.2) is 171 Å². The lowest BCUT2D eigenvalue weighted by atomic mass is 9.94. The molecule has 0 aliphatic carbocycles. The maximum atomic E-state index is 12.5. The molecule has 1 aliphatic heterocycles. The molecule has 1 saturated heterocycles. The van der Waals surface area contributed by atoms with Crippen LogP contribution in [0.25, 0.3) is 0 Å². The van der Waals surface area contributed by atoms with Gasteiger partial charge in [0.15, 0.2) is 5.78 Å². The standard InChI is InChI=1S/C31H54N2O7.C24H45N3O9.H2/c1-25(34)24-27(31(39)40)32-30(38)26-20-22-33(23-21-26)28(35)18-16-14-12-10-8-6-4-2-3-5-7-9-11-13-15-17-19-29(36)37;1-19(25)22(29)16-20(24(31)32)6-3-4-8-27-23(30)18-36-15-12-33-10-5-7-21(28)17-35-14-13-34-11-9-26-2;/h26-27H,2-24H2,1H3,(H,32,38)(H,36,37)(H,39,40);19-20,26H,3-18,25H2,1-2H3,(H,27,30)(H,31,32);1H/t27-;19-,20+;/m10./s1. The fraction of sp³-hybridized carbons (Fsp3) is 0.836. The van der Waals surface area contributed by atoms with Gasteiger partial charge in [0.25, 0.3) is 0 Å². The van der Waals surface area contributed by atoms with E-state index in [2.05, 4.69) is 16.0 Å². The van der Waals surface area contributed by atoms with E-state index in [1.165, 1.54) is 78.1 Å². The number of amides is 3. The Hall–Kier alpha value is -4.41. The van der Waals surface area contributed by atoms with Gasteiger partial charge < -0.3 is 60.9 Å². The van der Waals surface area contributed by atoms with E-state index in [0.717, 1.165) is 45.1 Å². The number of carboxylic acids is 3. The minimum atomic E-state index is -1.21. The van der Waals surface area contributed by atoms with E-state index in [-0.39, 0.29) is 75.1 Å². The number of carbonyl (C=O) groups is 9. The Morgan fingerprint density at radius 2 is 1.11 bits per heavy atom. The molecule has 0 aromatic carbocycles. The van der Waals surface area contributed by atoms with Crippen molar-refractivity contribution in [1.29, 1.82) is 0 Å². The maximum absolute atomic E-state index is 12.5. The zero-order valence-electron chi connectivity index (χ0n) is 46.6. The van der Waals surface area contributed by atoms with Gasteiger partial charge >= 0.3 is 17.9 Å². The lowest BCUT2D eigenvalue weighted by molar-refractivity contribution is -0.144. The van der Waals surface area contributed by atoms with Crippen LogP contribution in [-0.2, 0) is 62.1 Å². The summed E-state index contributed by atoms with van der Waals surface area (Å²) in [6.07, 6.45) is 22.9. The molecule has 442 valence electrons. The van der Waals surface area contributed by atoms with Crippen LogP contribution in [0.3, 0.4) is 0 Å². The van der Waals surface area contributed by atoms with Crippen LogP contribution in [0.2, 0.25) is 0 Å². The number of ether oxygens (including phenoxy) is 4. The summed E-state index contributed by atoms with van der Waals surface area (Å²) in [4.78, 5) is 106. The highest BCUT2D eigenvalue weighted by Crippen LogP contribution is 2.20. The number of ketones is 3. The molecule has 1 fully saturated rings. The number of likely N-dealkylation sites (N-methyl/N-ethyl adjacent to an activating group) is 1. The fourth-order valence-electron chi connectivity index (χ4n) is 8.30. The number of nitrogens with zero attached hydrogens (tertiary/aromatic N) is 1. The molecule has 0 aromatic rings. The van der Waals surface area contributed by atoms with Crippen molar-refractivity contribution in [2.75, 3.05) is 86.1 Å². The Morgan fingerprint density at radius 1 is 0.592 bits per heavy atom. The van der Waals surface area contributed by atoms with Crippen molar-refractivity contribution in [3.63, 3.8) is 0 Å². The number of piperidine rings is 1. The molecule has 0 aromatic heterocycles. The van der Waals surface area contributed by atoms with Crippen LogP contribution in [0, 0.1) is 11.8 Å². The maximum Gasteiger partial charge on any atom is 0.326 e. The van der Waals surface area contributed by atoms with Crippen LogP contribution >= 0.6 is 0 Å². The van der Waals surface area contributed by atoms with Gasteiger partial charge in [-0.15, -0.1) is 0 Å². The number of aliphatic carboxylic acids is 3. The average Bonchev–Trinajstić information content (AvgIpc) is 3.37. The molecule has 0 saturated carbocycles. The van der Waals surface area contributed by atoms with Crippen molar-refractivity contribution in [1.82, 2.24) is 20.9 Å². The molecular weight excluding hydrogens is 987 g/mol. The number of nitrogens with two attached hydrogens (primary N) is 1. The van der Waals surface area contributed by atoms with Gasteiger partial charge in [0.1, 0.15) is 30.8 Å². The summed E-state index contributed by atoms with van der Waals surface area (Å²) >= 11 is 0. The molecule has 1 heterocycles. The molecule has 3 atom stereocenters. The van der Waals surface area contributed by atoms with E-state index in [9.17, 15) is 53.4 Å². The number of rotatable bonds is 50. The van der Waals surface area contributed by atoms with Crippen molar-refractivity contribution in [3.05, 3.63) is 0 Å². The molecule has 0 radical (unpaired) electrons. The molecule has 21 heteroatoms. The number of unbranched alkanes of at least 4 members (excludes halogenated alkanes) is 16. The van der Waals surface area contributed by atoms with Crippen molar-refractivity contribution >= 4 is 53.0 Å². The molecule has 0 bridgehead atoms. The molecule has 0 spiro atoms. The Kier molecular flexibility index (Phi) is 46.1. The quantitative estimate of drug-likeness (QED) is 0.0341. The lowest BCUT2D eigenvalue weighted by Crippen LogP contribution is -2.48. The van der Waals surface area contributed by atoms with Gasteiger partial charge in [-0.2, -0.15) is 0 Å². The van der Waals surface area contributed by atoms with Crippen molar-refractivity contribution in [3.8, 4) is 0 Å². The van der Waals surface area contributed by atoms with E-state index < -0.39 is 35.9 Å². The summed E-state index contributed by atoms with van der Waals surface area (Å²) in [7, 11) is 1.85. The van der Waals surface area contributed by atoms with E-state index in [0.29, 0.717) is 110 Å². The van der Waals surface area contributed by atoms with Crippen molar-refractivity contribution < 1.29 is 78.8 Å². The Morgan fingerprint density at radius 3 is 1.61 bits per heavy atom. The second kappa shape index (κ2) is 48.9. The van der Waals surface area contributed by atoms with Crippen LogP contribution < -0.4 is 21.7 Å². The second-order valence-corrected chi connectivity index (χ2v) is 19.9. The predicted molar refractivity (Wildman–Crippen MR) is 290 cm³/mol. The highest BCUT2D eigenvalue weighted by atomic mass is 16.5. The third-order valence-corrected chi connectivity index (χ3v) is 12.9. The first-order valence-electron chi connectivity index (χ1n) is 28.3. The summed E-state index contributed by atoms with van der Waals surface area (Å²) < 4.78 is 21.2. The van der Waals surface area contributed by atoms with E-state index in [1.807, 2.05) is 11.9 Å². The summed E-state index contributed by atoms with van der Waals surface area (Å²) in [5.74, 6) is -5.02. The Labute approximate surface area is 454 Å². The predicted octanol–water partition coefficient (Wildman–Crippen LogP) is 6.04. The van der Waals surface area contributed by atoms with Gasteiger partial charge in [0, 0.05) is 72.2 Å². The van der Waals surface area contributed by atoms with Crippen LogP contribution in [0.1, 0.15) is 189 Å². The first kappa shape index (κ1) is 71.6. The highest BCUT2D eigenvalue weighted by Gasteiger charge is 2.30. The monoisotopic (exact) mass is 1090 g/mol. The molecule has 0 unspecified atom stereocenters. The number of carboxylic acid groups (broad SMARTS) is 3. The summed E-state index contributed by atoms with van der Waals surface area (Å²) in [5.41, 5.74) is 5.49. The van der Waals surface area contributed by atoms with Crippen molar-refractivity contribution in [2.24, 2.45) is 17.6 Å². The lowest BCUT2D eigenvalue weighted by Gasteiger charge is -2.32. The first-order valence-corrected chi connectivity index (χ1v) is 28.3. The van der Waals surface area contributed by atoms with E-state index >= 15 is 0 Å². The number of hydrogen-bond acceptors (Lipinski definition) is 15. The average molecular weight is 1090 g/mol. The third kappa shape index (κ3) is 43.7. The minimum absolute atomic E-state index is 0. The first-order chi connectivity index (χ1) is 36.5. The number of carbonyl (C=O) groups excluding carboxylic acids is 6. The number of hydrogen-bond donors (Lipinski definition) is 7. The zero-order valence-corrected chi connectivity index (χ0v) is 46.6. The highest BCUT2D eigenvalue weighted by molar-refractivity contribution is 5.89. The summed E-state index contributed by atoms with van der Waals surface area (Å²) in [6.45, 7) is 7.45. The van der Waals surface area contributed by atoms with Gasteiger partial charge in [-0.3, -0.25) is 38.4 Å². The largest absolute Gasteiger partial charge is 0.481 e. The van der Waals surface area contributed by atoms with E-state index in [4.69, 9.17) is 29.8 Å². The molecule has 8 N–H and O–H groups in total. The van der Waals surface area contributed by atoms with Crippen LogP contribution in [0.15, 0.2) is 0 Å². The molecule has 3 amide bonds. The normalized spacial score (nSPS) is 13.7. The smallest absolute Gasteiger partial charge is 0.326 e. The van der Waals surface area contributed by atoms with Gasteiger partial charge in [0.05, 0.1) is 45.0 Å². The van der Waals surface area contributed by atoms with E-state index in [1.54, 1.807) is 0 Å².